The molecule has 2 unspecified atom stereocenters. The van der Waals surface area contributed by atoms with E-state index in [-0.39, 0.29) is 6.01 Å². The standard InChI is InChI=1S/C13H11N3O3S2/c1-19-13-15-12(20-16-13)11(21(17)18)10-9-5-3-2-4-8(9)6-7-14-10/h2-7,11H,1H3,(H,17,18). The fraction of sp³-hybridized carbons (Fsp3) is 0.154. The van der Waals surface area contributed by atoms with Crippen molar-refractivity contribution in [3.8, 4) is 6.01 Å². The lowest BCUT2D eigenvalue weighted by molar-refractivity contribution is 0.385. The molecule has 0 radical (unpaired) electrons. The number of methoxy groups -OCH3 is 1. The van der Waals surface area contributed by atoms with Crippen LogP contribution in [-0.4, -0.2) is 30.2 Å². The van der Waals surface area contributed by atoms with Gasteiger partial charge in [0.15, 0.2) is 16.3 Å². The number of nitrogens with zero attached hydrogens (tertiary/aromatic N) is 3. The fourth-order valence-corrected chi connectivity index (χ4v) is 3.65. The van der Waals surface area contributed by atoms with Crippen molar-refractivity contribution in [2.24, 2.45) is 0 Å². The molecule has 1 aromatic carbocycles. The molecule has 21 heavy (non-hydrogen) atoms. The smallest absolute Gasteiger partial charge is 0.328 e. The zero-order valence-corrected chi connectivity index (χ0v) is 12.6. The van der Waals surface area contributed by atoms with Crippen LogP contribution in [0, 0.1) is 0 Å². The zero-order valence-electron chi connectivity index (χ0n) is 11.0. The first-order valence-electron chi connectivity index (χ1n) is 6.01. The van der Waals surface area contributed by atoms with E-state index in [9.17, 15) is 8.76 Å². The largest absolute Gasteiger partial charge is 0.466 e. The van der Waals surface area contributed by atoms with Gasteiger partial charge in [0, 0.05) is 11.6 Å². The number of hydrogen-bond acceptors (Lipinski definition) is 6. The van der Waals surface area contributed by atoms with E-state index in [0.29, 0.717) is 10.7 Å². The molecule has 0 bridgehead atoms. The third kappa shape index (κ3) is 2.65. The normalized spacial score (nSPS) is 14.0. The monoisotopic (exact) mass is 321 g/mol. The van der Waals surface area contributed by atoms with Gasteiger partial charge in [0.05, 0.1) is 12.8 Å². The Morgan fingerprint density at radius 3 is 2.86 bits per heavy atom. The molecule has 3 rings (SSSR count). The van der Waals surface area contributed by atoms with E-state index in [2.05, 4.69) is 14.3 Å². The van der Waals surface area contributed by atoms with E-state index in [1.54, 1.807) is 6.20 Å². The van der Waals surface area contributed by atoms with Crippen LogP contribution in [0.25, 0.3) is 10.8 Å². The minimum absolute atomic E-state index is 0.186. The van der Waals surface area contributed by atoms with Gasteiger partial charge < -0.3 is 9.29 Å². The Labute approximate surface area is 127 Å². The summed E-state index contributed by atoms with van der Waals surface area (Å²) in [6, 6.07) is 9.62. The van der Waals surface area contributed by atoms with Gasteiger partial charge in [-0.05, 0) is 23.0 Å². The number of hydrogen-bond donors (Lipinski definition) is 1. The van der Waals surface area contributed by atoms with Gasteiger partial charge in [-0.2, -0.15) is 4.98 Å². The van der Waals surface area contributed by atoms with Gasteiger partial charge in [-0.3, -0.25) is 4.98 Å². The van der Waals surface area contributed by atoms with E-state index < -0.39 is 16.3 Å². The van der Waals surface area contributed by atoms with Gasteiger partial charge in [-0.1, -0.05) is 24.3 Å². The van der Waals surface area contributed by atoms with Crippen LogP contribution in [0.3, 0.4) is 0 Å². The molecule has 0 spiro atoms. The molecule has 8 heteroatoms. The Bertz CT molecular complexity index is 801. The molecule has 3 aromatic rings. The van der Waals surface area contributed by atoms with Crippen LogP contribution in [0.2, 0.25) is 0 Å². The lowest BCUT2D eigenvalue weighted by atomic mass is 10.1. The summed E-state index contributed by atoms with van der Waals surface area (Å²) in [5.41, 5.74) is 0.507. The molecule has 0 aliphatic rings. The topological polar surface area (TPSA) is 85.2 Å². The molecule has 0 aliphatic carbocycles. The molecule has 1 N–H and O–H groups in total. The Kier molecular flexibility index (Phi) is 3.91. The van der Waals surface area contributed by atoms with Gasteiger partial charge >= 0.3 is 6.01 Å². The second-order valence-corrected chi connectivity index (χ2v) is 6.00. The number of aromatic nitrogens is 3. The van der Waals surface area contributed by atoms with E-state index in [1.165, 1.54) is 7.11 Å². The highest BCUT2D eigenvalue weighted by atomic mass is 32.2. The van der Waals surface area contributed by atoms with Crippen LogP contribution < -0.4 is 4.74 Å². The Morgan fingerprint density at radius 2 is 2.14 bits per heavy atom. The molecule has 108 valence electrons. The lowest BCUT2D eigenvalue weighted by Crippen LogP contribution is -2.10. The van der Waals surface area contributed by atoms with Crippen molar-refractivity contribution in [1.29, 1.82) is 0 Å². The molecule has 0 saturated carbocycles. The van der Waals surface area contributed by atoms with Gasteiger partial charge in [-0.25, -0.2) is 4.21 Å². The molecular weight excluding hydrogens is 310 g/mol. The number of rotatable bonds is 4. The minimum atomic E-state index is -2.16. The third-order valence-electron chi connectivity index (χ3n) is 2.98. The number of benzene rings is 1. The molecule has 2 heterocycles. The summed E-state index contributed by atoms with van der Waals surface area (Å²) < 4.78 is 30.4. The quantitative estimate of drug-likeness (QED) is 0.743. The summed E-state index contributed by atoms with van der Waals surface area (Å²) >= 11 is -1.13. The van der Waals surface area contributed by atoms with Crippen molar-refractivity contribution in [2.45, 2.75) is 5.25 Å². The summed E-state index contributed by atoms with van der Waals surface area (Å²) in [4.78, 5) is 8.41. The second-order valence-electron chi connectivity index (χ2n) is 4.19. The highest BCUT2D eigenvalue weighted by molar-refractivity contribution is 7.79. The number of fused-ring (bicyclic) bond motifs is 1. The van der Waals surface area contributed by atoms with Gasteiger partial charge in [-0.15, -0.1) is 4.37 Å². The first-order valence-corrected chi connectivity index (χ1v) is 7.96. The predicted molar refractivity (Wildman–Crippen MR) is 80.8 cm³/mol. The van der Waals surface area contributed by atoms with Crippen molar-refractivity contribution in [1.82, 2.24) is 14.3 Å². The highest BCUT2D eigenvalue weighted by Crippen LogP contribution is 2.32. The highest BCUT2D eigenvalue weighted by Gasteiger charge is 2.28. The summed E-state index contributed by atoms with van der Waals surface area (Å²) in [5.74, 6) is 0. The molecule has 0 saturated heterocycles. The molecule has 6 nitrogen and oxygen atoms in total. The van der Waals surface area contributed by atoms with E-state index in [0.717, 1.165) is 22.3 Å². The molecule has 2 aromatic heterocycles. The van der Waals surface area contributed by atoms with E-state index in [1.807, 2.05) is 30.3 Å². The van der Waals surface area contributed by atoms with Crippen molar-refractivity contribution >= 4 is 33.4 Å². The van der Waals surface area contributed by atoms with Crippen LogP contribution >= 0.6 is 11.5 Å². The molecule has 0 fully saturated rings. The van der Waals surface area contributed by atoms with E-state index >= 15 is 0 Å². The van der Waals surface area contributed by atoms with Crippen LogP contribution in [0.5, 0.6) is 6.01 Å². The second kappa shape index (κ2) is 5.84. The summed E-state index contributed by atoms with van der Waals surface area (Å²) in [5, 5.41) is 1.32. The summed E-state index contributed by atoms with van der Waals surface area (Å²) in [6.45, 7) is 0. The van der Waals surface area contributed by atoms with Gasteiger partial charge in [0.25, 0.3) is 0 Å². The maximum atomic E-state index is 11.8. The average Bonchev–Trinajstić information content (AvgIpc) is 2.96. The first-order chi connectivity index (χ1) is 10.2. The van der Waals surface area contributed by atoms with Crippen LogP contribution in [0.15, 0.2) is 36.5 Å². The van der Waals surface area contributed by atoms with Crippen molar-refractivity contribution < 1.29 is 13.5 Å². The molecule has 0 aliphatic heterocycles. The van der Waals surface area contributed by atoms with Crippen molar-refractivity contribution in [3.63, 3.8) is 0 Å². The summed E-state index contributed by atoms with van der Waals surface area (Å²) in [7, 11) is 1.45. The Balaban J connectivity index is 2.18. The maximum Gasteiger partial charge on any atom is 0.328 e. The first kappa shape index (κ1) is 14.1. The maximum absolute atomic E-state index is 11.8. The van der Waals surface area contributed by atoms with Gasteiger partial charge in [0.2, 0.25) is 0 Å². The van der Waals surface area contributed by atoms with Crippen LogP contribution in [0.1, 0.15) is 16.0 Å². The van der Waals surface area contributed by atoms with Crippen molar-refractivity contribution in [3.05, 3.63) is 47.2 Å². The SMILES string of the molecule is COc1nsc(C(c2nccc3ccccc23)S(=O)O)n1. The Morgan fingerprint density at radius 1 is 1.33 bits per heavy atom. The average molecular weight is 321 g/mol. The molecule has 2 atom stereocenters. The molecule has 0 amide bonds. The zero-order chi connectivity index (χ0) is 14.8. The fourth-order valence-electron chi connectivity index (χ4n) is 2.06. The predicted octanol–water partition coefficient (Wildman–Crippen LogP) is 2.41. The van der Waals surface area contributed by atoms with Crippen LogP contribution in [-0.2, 0) is 11.1 Å². The van der Waals surface area contributed by atoms with Crippen LogP contribution in [0.4, 0.5) is 0 Å². The number of pyridine rings is 1. The van der Waals surface area contributed by atoms with Gasteiger partial charge in [0.1, 0.15) is 5.01 Å². The summed E-state index contributed by atoms with van der Waals surface area (Å²) in [6.07, 6.45) is 1.62. The minimum Gasteiger partial charge on any atom is -0.466 e. The molecular formula is C13H11N3O3S2. The lowest BCUT2D eigenvalue weighted by Gasteiger charge is -2.11. The van der Waals surface area contributed by atoms with E-state index in [4.69, 9.17) is 4.74 Å². The van der Waals surface area contributed by atoms with Crippen molar-refractivity contribution in [2.75, 3.05) is 7.11 Å². The third-order valence-corrected chi connectivity index (χ3v) is 4.74. The number of ether oxygens (including phenoxy) is 1. The Hall–Kier alpha value is -1.90.